The van der Waals surface area contributed by atoms with Gasteiger partial charge < -0.3 is 15.0 Å². The number of pyridine rings is 2. The van der Waals surface area contributed by atoms with Gasteiger partial charge in [0.25, 0.3) is 0 Å². The average Bonchev–Trinajstić information content (AvgIpc) is 3.11. The third kappa shape index (κ3) is 3.75. The minimum Gasteiger partial charge on any atom is -0.366 e. The second kappa shape index (κ2) is 7.32. The molecule has 0 saturated carbocycles. The number of ether oxygens (including phenoxy) is 1. The lowest BCUT2D eigenvalue weighted by atomic mass is 10.1. The number of carbonyl (C=O) groups is 1. The van der Waals surface area contributed by atoms with Crippen molar-refractivity contribution in [1.29, 1.82) is 0 Å². The maximum atomic E-state index is 12.3. The Hall–Kier alpha value is -3.00. The average molecular weight is 366 g/mol. The van der Waals surface area contributed by atoms with Gasteiger partial charge in [-0.05, 0) is 43.7 Å². The van der Waals surface area contributed by atoms with Crippen LogP contribution in [0.4, 0.5) is 4.79 Å². The van der Waals surface area contributed by atoms with E-state index < -0.39 is 0 Å². The number of nitrogens with one attached hydrogen (secondary N) is 1. The molecule has 0 radical (unpaired) electrons. The number of hydrogen-bond donors (Lipinski definition) is 1. The Morgan fingerprint density at radius 2 is 2.04 bits per heavy atom. The summed E-state index contributed by atoms with van der Waals surface area (Å²) >= 11 is 0. The van der Waals surface area contributed by atoms with Gasteiger partial charge in [-0.2, -0.15) is 0 Å². The van der Waals surface area contributed by atoms with Gasteiger partial charge in [-0.1, -0.05) is 0 Å². The maximum absolute atomic E-state index is 12.3. The molecule has 1 saturated heterocycles. The van der Waals surface area contributed by atoms with Crippen molar-refractivity contribution < 1.29 is 9.53 Å². The van der Waals surface area contributed by atoms with Crippen molar-refractivity contribution in [2.75, 3.05) is 19.7 Å². The highest BCUT2D eigenvalue weighted by atomic mass is 16.5. The zero-order chi connectivity index (χ0) is 18.8. The van der Waals surface area contributed by atoms with Crippen LogP contribution in [-0.4, -0.2) is 56.3 Å². The quantitative estimate of drug-likeness (QED) is 0.769. The number of morpholine rings is 1. The maximum Gasteiger partial charge on any atom is 0.317 e. The molecule has 0 aromatic carbocycles. The van der Waals surface area contributed by atoms with Gasteiger partial charge in [0.15, 0.2) is 11.5 Å². The SMILES string of the molecule is CC(C)NC(=O)N1CCO[C@@H](c2nc3ccc(-c4ccncc4)cn3n2)C1. The van der Waals surface area contributed by atoms with E-state index in [-0.39, 0.29) is 18.2 Å². The predicted molar refractivity (Wildman–Crippen MR) is 100 cm³/mol. The monoisotopic (exact) mass is 366 g/mol. The molecule has 3 aromatic rings. The summed E-state index contributed by atoms with van der Waals surface area (Å²) in [5, 5.41) is 7.50. The van der Waals surface area contributed by atoms with Crippen LogP contribution in [0.3, 0.4) is 0 Å². The Labute approximate surface area is 157 Å². The van der Waals surface area contributed by atoms with Crippen LogP contribution in [0.1, 0.15) is 25.8 Å². The largest absolute Gasteiger partial charge is 0.366 e. The van der Waals surface area contributed by atoms with Gasteiger partial charge in [-0.25, -0.2) is 14.3 Å². The summed E-state index contributed by atoms with van der Waals surface area (Å²) in [6.07, 6.45) is 5.13. The Balaban J connectivity index is 1.56. The molecule has 1 atom stereocenters. The van der Waals surface area contributed by atoms with E-state index in [2.05, 4.69) is 20.4 Å². The number of carbonyl (C=O) groups excluding carboxylic acids is 1. The molecule has 8 heteroatoms. The van der Waals surface area contributed by atoms with Gasteiger partial charge in [0.05, 0.1) is 13.2 Å². The van der Waals surface area contributed by atoms with Crippen molar-refractivity contribution in [3.8, 4) is 11.1 Å². The third-order valence-corrected chi connectivity index (χ3v) is 4.41. The highest BCUT2D eigenvalue weighted by Gasteiger charge is 2.28. The molecule has 0 unspecified atom stereocenters. The molecule has 1 N–H and O–H groups in total. The molecule has 4 rings (SSSR count). The van der Waals surface area contributed by atoms with Crippen molar-refractivity contribution in [2.24, 2.45) is 0 Å². The predicted octanol–water partition coefficient (Wildman–Crippen LogP) is 2.28. The summed E-state index contributed by atoms with van der Waals surface area (Å²) in [4.78, 5) is 22.7. The van der Waals surface area contributed by atoms with Crippen molar-refractivity contribution in [3.63, 3.8) is 0 Å². The molecular formula is C19H22N6O2. The van der Waals surface area contributed by atoms with E-state index in [9.17, 15) is 4.79 Å². The van der Waals surface area contributed by atoms with Crippen LogP contribution in [0.2, 0.25) is 0 Å². The first-order chi connectivity index (χ1) is 13.1. The molecule has 1 aliphatic heterocycles. The smallest absolute Gasteiger partial charge is 0.317 e. The van der Waals surface area contributed by atoms with Crippen molar-refractivity contribution in [1.82, 2.24) is 29.8 Å². The summed E-state index contributed by atoms with van der Waals surface area (Å²) in [6, 6.07) is 7.86. The van der Waals surface area contributed by atoms with E-state index >= 15 is 0 Å². The second-order valence-corrected chi connectivity index (χ2v) is 6.84. The number of fused-ring (bicyclic) bond motifs is 1. The highest BCUT2D eigenvalue weighted by Crippen LogP contribution is 2.22. The fourth-order valence-electron chi connectivity index (χ4n) is 3.08. The van der Waals surface area contributed by atoms with Crippen molar-refractivity contribution >= 4 is 11.7 Å². The topological polar surface area (TPSA) is 84.7 Å². The lowest BCUT2D eigenvalue weighted by Gasteiger charge is -2.32. The molecular weight excluding hydrogens is 344 g/mol. The van der Waals surface area contributed by atoms with Gasteiger partial charge in [0, 0.05) is 36.7 Å². The number of aromatic nitrogens is 4. The lowest BCUT2D eigenvalue weighted by molar-refractivity contribution is -0.0200. The summed E-state index contributed by atoms with van der Waals surface area (Å²) in [6.45, 7) is 5.36. The molecule has 0 bridgehead atoms. The van der Waals surface area contributed by atoms with Crippen LogP contribution in [-0.2, 0) is 4.74 Å². The van der Waals surface area contributed by atoms with Gasteiger partial charge >= 0.3 is 6.03 Å². The van der Waals surface area contributed by atoms with Gasteiger partial charge in [0.2, 0.25) is 0 Å². The standard InChI is InChI=1S/C19H22N6O2/c1-13(2)21-19(26)24-9-10-27-16(12-24)18-22-17-4-3-15(11-25(17)23-18)14-5-7-20-8-6-14/h3-8,11,13,16H,9-10,12H2,1-2H3,(H,21,26)/t16-/m1/s1. The van der Waals surface area contributed by atoms with Crippen LogP contribution in [0.5, 0.6) is 0 Å². The zero-order valence-electron chi connectivity index (χ0n) is 15.4. The Kier molecular flexibility index (Phi) is 4.72. The molecule has 1 fully saturated rings. The number of amides is 2. The third-order valence-electron chi connectivity index (χ3n) is 4.41. The first kappa shape index (κ1) is 17.4. The van der Waals surface area contributed by atoms with Crippen molar-refractivity contribution in [2.45, 2.75) is 26.0 Å². The first-order valence-electron chi connectivity index (χ1n) is 9.04. The van der Waals surface area contributed by atoms with Gasteiger partial charge in [0.1, 0.15) is 6.10 Å². The van der Waals surface area contributed by atoms with Gasteiger partial charge in [-0.15, -0.1) is 5.10 Å². The minimum absolute atomic E-state index is 0.0814. The number of rotatable bonds is 3. The molecule has 3 aromatic heterocycles. The van der Waals surface area contributed by atoms with E-state index in [1.165, 1.54) is 0 Å². The number of urea groups is 1. The summed E-state index contributed by atoms with van der Waals surface area (Å²) in [5.74, 6) is 0.587. The molecule has 140 valence electrons. The summed E-state index contributed by atoms with van der Waals surface area (Å²) in [7, 11) is 0. The minimum atomic E-state index is -0.332. The molecule has 0 spiro atoms. The van der Waals surface area contributed by atoms with Crippen LogP contribution < -0.4 is 5.32 Å². The van der Waals surface area contributed by atoms with E-state index in [1.54, 1.807) is 21.8 Å². The second-order valence-electron chi connectivity index (χ2n) is 6.84. The lowest BCUT2D eigenvalue weighted by Crippen LogP contribution is -2.49. The molecule has 27 heavy (non-hydrogen) atoms. The number of nitrogens with zero attached hydrogens (tertiary/aromatic N) is 5. The Morgan fingerprint density at radius 3 is 2.81 bits per heavy atom. The molecule has 8 nitrogen and oxygen atoms in total. The van der Waals surface area contributed by atoms with E-state index in [0.29, 0.717) is 25.5 Å². The van der Waals surface area contributed by atoms with Gasteiger partial charge in [-0.3, -0.25) is 4.98 Å². The zero-order valence-corrected chi connectivity index (χ0v) is 15.4. The van der Waals surface area contributed by atoms with E-state index in [4.69, 9.17) is 4.74 Å². The van der Waals surface area contributed by atoms with Crippen molar-refractivity contribution in [3.05, 3.63) is 48.7 Å². The van der Waals surface area contributed by atoms with Crippen LogP contribution >= 0.6 is 0 Å². The summed E-state index contributed by atoms with van der Waals surface area (Å²) < 4.78 is 7.58. The summed E-state index contributed by atoms with van der Waals surface area (Å²) in [5.41, 5.74) is 2.84. The fourth-order valence-corrected chi connectivity index (χ4v) is 3.08. The van der Waals surface area contributed by atoms with Crippen LogP contribution in [0.25, 0.3) is 16.8 Å². The number of hydrogen-bond acceptors (Lipinski definition) is 5. The van der Waals surface area contributed by atoms with Crippen LogP contribution in [0.15, 0.2) is 42.9 Å². The molecule has 0 aliphatic carbocycles. The van der Waals surface area contributed by atoms with Crippen LogP contribution in [0, 0.1) is 0 Å². The highest BCUT2D eigenvalue weighted by molar-refractivity contribution is 5.74. The molecule has 2 amide bonds. The van der Waals surface area contributed by atoms with E-state index in [1.807, 2.05) is 44.3 Å². The molecule has 1 aliphatic rings. The Bertz CT molecular complexity index is 940. The first-order valence-corrected chi connectivity index (χ1v) is 9.04. The normalized spacial score (nSPS) is 17.4. The fraction of sp³-hybridized carbons (Fsp3) is 0.368. The van der Waals surface area contributed by atoms with E-state index in [0.717, 1.165) is 16.8 Å². The Morgan fingerprint density at radius 1 is 1.22 bits per heavy atom. The molecule has 4 heterocycles.